The quantitative estimate of drug-likeness (QED) is 0.721. The van der Waals surface area contributed by atoms with E-state index in [4.69, 9.17) is 0 Å². The van der Waals surface area contributed by atoms with Gasteiger partial charge in [0.25, 0.3) is 0 Å². The van der Waals surface area contributed by atoms with Crippen molar-refractivity contribution in [1.29, 1.82) is 0 Å². The third-order valence-electron chi connectivity index (χ3n) is 4.68. The molecule has 19 heavy (non-hydrogen) atoms. The molecule has 0 aromatic rings. The molecule has 0 spiro atoms. The van der Waals surface area contributed by atoms with Crippen LogP contribution in [-0.2, 0) is 0 Å². The van der Waals surface area contributed by atoms with Crippen molar-refractivity contribution in [3.63, 3.8) is 0 Å². The van der Waals surface area contributed by atoms with Gasteiger partial charge in [-0.2, -0.15) is 0 Å². The Morgan fingerprint density at radius 2 is 1.74 bits per heavy atom. The summed E-state index contributed by atoms with van der Waals surface area (Å²) in [6, 6.07) is 0.587. The maximum absolute atomic E-state index is 10.3. The lowest BCUT2D eigenvalue weighted by Gasteiger charge is -2.39. The zero-order valence-electron chi connectivity index (χ0n) is 13.6. The number of nitrogens with zero attached hydrogens (tertiary/aromatic N) is 1. The van der Waals surface area contributed by atoms with Gasteiger partial charge in [-0.3, -0.25) is 4.90 Å². The normalized spacial score (nSPS) is 27.3. The highest BCUT2D eigenvalue weighted by Gasteiger charge is 2.29. The summed E-state index contributed by atoms with van der Waals surface area (Å²) in [7, 11) is 2.14. The summed E-state index contributed by atoms with van der Waals surface area (Å²) in [5.74, 6) is 1.54. The molecule has 0 saturated heterocycles. The summed E-state index contributed by atoms with van der Waals surface area (Å²) in [6.45, 7) is 6.82. The van der Waals surface area contributed by atoms with Crippen molar-refractivity contribution < 1.29 is 5.11 Å². The SMILES string of the molecule is CCCC(O)N(C)C1CCCCCCC1CC(C)C. The minimum absolute atomic E-state index is 0.246. The van der Waals surface area contributed by atoms with E-state index in [1.54, 1.807) is 0 Å². The van der Waals surface area contributed by atoms with Crippen LogP contribution in [0, 0.1) is 11.8 Å². The molecule has 114 valence electrons. The van der Waals surface area contributed by atoms with Crippen LogP contribution < -0.4 is 0 Å². The van der Waals surface area contributed by atoms with Crippen molar-refractivity contribution in [1.82, 2.24) is 4.90 Å². The Balaban J connectivity index is 2.68. The molecule has 3 atom stereocenters. The third kappa shape index (κ3) is 5.83. The molecule has 2 heteroatoms. The lowest BCUT2D eigenvalue weighted by Crippen LogP contribution is -2.45. The lowest BCUT2D eigenvalue weighted by atomic mass is 9.81. The van der Waals surface area contributed by atoms with Gasteiger partial charge in [0.2, 0.25) is 0 Å². The lowest BCUT2D eigenvalue weighted by molar-refractivity contribution is -0.0364. The molecule has 0 aromatic carbocycles. The standard InChI is InChI=1S/C17H35NO/c1-5-10-17(19)18(4)16-12-9-7-6-8-11-15(16)13-14(2)3/h14-17,19H,5-13H2,1-4H3. The van der Waals surface area contributed by atoms with Gasteiger partial charge in [0, 0.05) is 6.04 Å². The van der Waals surface area contributed by atoms with Crippen molar-refractivity contribution >= 4 is 0 Å². The number of hydrogen-bond donors (Lipinski definition) is 1. The van der Waals surface area contributed by atoms with Gasteiger partial charge < -0.3 is 5.11 Å². The smallest absolute Gasteiger partial charge is 0.107 e. The van der Waals surface area contributed by atoms with Gasteiger partial charge in [0.05, 0.1) is 0 Å². The second kappa shape index (κ2) is 8.97. The van der Waals surface area contributed by atoms with E-state index in [0.717, 1.165) is 24.7 Å². The fourth-order valence-electron chi connectivity index (χ4n) is 3.64. The Hall–Kier alpha value is -0.0800. The van der Waals surface area contributed by atoms with Crippen LogP contribution in [0.3, 0.4) is 0 Å². The molecule has 0 bridgehead atoms. The molecular formula is C17H35NO. The van der Waals surface area contributed by atoms with Gasteiger partial charge in [-0.1, -0.05) is 52.9 Å². The van der Waals surface area contributed by atoms with Gasteiger partial charge >= 0.3 is 0 Å². The van der Waals surface area contributed by atoms with E-state index in [0.29, 0.717) is 6.04 Å². The average molecular weight is 269 g/mol. The summed E-state index contributed by atoms with van der Waals surface area (Å²) in [5, 5.41) is 10.3. The van der Waals surface area contributed by atoms with Crippen molar-refractivity contribution in [2.45, 2.75) is 90.8 Å². The third-order valence-corrected chi connectivity index (χ3v) is 4.68. The number of hydrogen-bond acceptors (Lipinski definition) is 2. The Morgan fingerprint density at radius 3 is 2.32 bits per heavy atom. The van der Waals surface area contributed by atoms with E-state index in [2.05, 4.69) is 32.7 Å². The van der Waals surface area contributed by atoms with Gasteiger partial charge in [-0.15, -0.1) is 0 Å². The van der Waals surface area contributed by atoms with Crippen LogP contribution in [-0.4, -0.2) is 29.3 Å². The Labute approximate surface area is 120 Å². The summed E-state index contributed by atoms with van der Waals surface area (Å²) in [5.41, 5.74) is 0. The number of rotatable bonds is 6. The largest absolute Gasteiger partial charge is 0.378 e. The van der Waals surface area contributed by atoms with E-state index in [9.17, 15) is 5.11 Å². The van der Waals surface area contributed by atoms with E-state index in [-0.39, 0.29) is 6.23 Å². The molecule has 0 radical (unpaired) electrons. The molecule has 0 heterocycles. The highest BCUT2D eigenvalue weighted by atomic mass is 16.3. The molecule has 0 aromatic heterocycles. The second-order valence-corrected chi connectivity index (χ2v) is 6.88. The fourth-order valence-corrected chi connectivity index (χ4v) is 3.64. The first kappa shape index (κ1) is 17.0. The van der Waals surface area contributed by atoms with Crippen LogP contribution in [0.1, 0.15) is 78.6 Å². The molecule has 2 nitrogen and oxygen atoms in total. The topological polar surface area (TPSA) is 23.5 Å². The number of aliphatic hydroxyl groups is 1. The van der Waals surface area contributed by atoms with Crippen LogP contribution in [0.25, 0.3) is 0 Å². The van der Waals surface area contributed by atoms with Crippen LogP contribution >= 0.6 is 0 Å². The van der Waals surface area contributed by atoms with E-state index in [1.165, 1.54) is 44.9 Å². The van der Waals surface area contributed by atoms with E-state index >= 15 is 0 Å². The molecule has 1 rings (SSSR count). The zero-order valence-corrected chi connectivity index (χ0v) is 13.6. The zero-order chi connectivity index (χ0) is 14.3. The molecule has 1 aliphatic rings. The predicted octanol–water partition coefficient (Wildman–Crippen LogP) is 4.42. The summed E-state index contributed by atoms with van der Waals surface area (Å²) in [6.07, 6.45) is 11.2. The minimum atomic E-state index is -0.246. The van der Waals surface area contributed by atoms with Gasteiger partial charge in [-0.05, 0) is 44.6 Å². The van der Waals surface area contributed by atoms with E-state index in [1.807, 2.05) is 0 Å². The molecule has 1 aliphatic carbocycles. The minimum Gasteiger partial charge on any atom is -0.378 e. The molecule has 0 aliphatic heterocycles. The maximum Gasteiger partial charge on any atom is 0.107 e. The molecule has 1 N–H and O–H groups in total. The Morgan fingerprint density at radius 1 is 1.11 bits per heavy atom. The van der Waals surface area contributed by atoms with Gasteiger partial charge in [0.15, 0.2) is 0 Å². The van der Waals surface area contributed by atoms with Gasteiger partial charge in [0.1, 0.15) is 6.23 Å². The molecule has 1 fully saturated rings. The maximum atomic E-state index is 10.3. The fraction of sp³-hybridized carbons (Fsp3) is 1.00. The second-order valence-electron chi connectivity index (χ2n) is 6.88. The van der Waals surface area contributed by atoms with Crippen molar-refractivity contribution in [3.05, 3.63) is 0 Å². The average Bonchev–Trinajstić information content (AvgIpc) is 2.32. The summed E-state index contributed by atoms with van der Waals surface area (Å²) in [4.78, 5) is 2.28. The Bertz CT molecular complexity index is 229. The van der Waals surface area contributed by atoms with E-state index < -0.39 is 0 Å². The predicted molar refractivity (Wildman–Crippen MR) is 83.1 cm³/mol. The van der Waals surface area contributed by atoms with Gasteiger partial charge in [-0.25, -0.2) is 0 Å². The summed E-state index contributed by atoms with van der Waals surface area (Å²) >= 11 is 0. The monoisotopic (exact) mass is 269 g/mol. The number of aliphatic hydroxyl groups excluding tert-OH is 1. The highest BCUT2D eigenvalue weighted by molar-refractivity contribution is 4.81. The Kier molecular flexibility index (Phi) is 8.01. The van der Waals surface area contributed by atoms with Crippen molar-refractivity contribution in [3.8, 4) is 0 Å². The molecule has 3 unspecified atom stereocenters. The van der Waals surface area contributed by atoms with Crippen LogP contribution in [0.2, 0.25) is 0 Å². The first-order valence-corrected chi connectivity index (χ1v) is 8.46. The first-order chi connectivity index (χ1) is 9.06. The van der Waals surface area contributed by atoms with Crippen molar-refractivity contribution in [2.24, 2.45) is 11.8 Å². The summed E-state index contributed by atoms with van der Waals surface area (Å²) < 4.78 is 0. The first-order valence-electron chi connectivity index (χ1n) is 8.46. The van der Waals surface area contributed by atoms with Crippen molar-refractivity contribution in [2.75, 3.05) is 7.05 Å². The highest BCUT2D eigenvalue weighted by Crippen LogP contribution is 2.31. The van der Waals surface area contributed by atoms with Crippen LogP contribution in [0.15, 0.2) is 0 Å². The molecular weight excluding hydrogens is 234 g/mol. The van der Waals surface area contributed by atoms with Crippen LogP contribution in [0.5, 0.6) is 0 Å². The molecule has 0 amide bonds. The molecule has 1 saturated carbocycles. The van der Waals surface area contributed by atoms with Crippen LogP contribution in [0.4, 0.5) is 0 Å².